The number of nitro benzene ring substituents is 1. The summed E-state index contributed by atoms with van der Waals surface area (Å²) in [5, 5.41) is 17.8. The predicted octanol–water partition coefficient (Wildman–Crippen LogP) is 2.77. The van der Waals surface area contributed by atoms with Crippen LogP contribution in [0.15, 0.2) is 23.4 Å². The molecule has 1 aromatic rings. The van der Waals surface area contributed by atoms with Crippen LogP contribution in [0, 0.1) is 10.1 Å². The highest BCUT2D eigenvalue weighted by atomic mass is 32.1. The number of thiocarbonyl (C=S) groups is 1. The van der Waals surface area contributed by atoms with Crippen LogP contribution in [0.2, 0.25) is 0 Å². The normalized spacial score (nSPS) is 16.8. The van der Waals surface area contributed by atoms with Gasteiger partial charge in [0.15, 0.2) is 22.4 Å². The van der Waals surface area contributed by atoms with Crippen LogP contribution in [0.5, 0.6) is 11.5 Å². The predicted molar refractivity (Wildman–Crippen MR) is 100 cm³/mol. The molecule has 0 spiro atoms. The molecule has 140 valence electrons. The molecule has 0 fully saturated rings. The van der Waals surface area contributed by atoms with Crippen LogP contribution >= 0.6 is 12.2 Å². The van der Waals surface area contributed by atoms with Gasteiger partial charge in [-0.3, -0.25) is 14.9 Å². The molecule has 0 saturated heterocycles. The van der Waals surface area contributed by atoms with Crippen LogP contribution in [0.3, 0.4) is 0 Å². The molecule has 0 aromatic heterocycles. The lowest BCUT2D eigenvalue weighted by Gasteiger charge is -2.30. The molecule has 0 amide bonds. The van der Waals surface area contributed by atoms with Crippen molar-refractivity contribution in [2.24, 2.45) is 0 Å². The number of ether oxygens (including phenoxy) is 2. The Morgan fingerprint density at radius 2 is 2.00 bits per heavy atom. The largest absolute Gasteiger partial charge is 0.493 e. The Kier molecular flexibility index (Phi) is 5.81. The molecule has 1 aliphatic heterocycles. The summed E-state index contributed by atoms with van der Waals surface area (Å²) in [4.78, 5) is 23.3. The molecular weight excluding hydrogens is 358 g/mol. The first-order valence-electron chi connectivity index (χ1n) is 7.97. The summed E-state index contributed by atoms with van der Waals surface area (Å²) in [7, 11) is 1.41. The number of hydrogen-bond acceptors (Lipinski definition) is 6. The van der Waals surface area contributed by atoms with Crippen molar-refractivity contribution >= 4 is 28.8 Å². The lowest BCUT2D eigenvalue weighted by Crippen LogP contribution is -2.44. The van der Waals surface area contributed by atoms with E-state index in [9.17, 15) is 14.9 Å². The zero-order chi connectivity index (χ0) is 19.6. The first-order chi connectivity index (χ1) is 12.1. The molecule has 1 aliphatic rings. The molecule has 1 atom stereocenters. The van der Waals surface area contributed by atoms with Crippen molar-refractivity contribution in [3.63, 3.8) is 0 Å². The second-order valence-corrected chi connectivity index (χ2v) is 6.52. The molecule has 0 saturated carbocycles. The summed E-state index contributed by atoms with van der Waals surface area (Å²) in [5.74, 6) is 0.386. The number of carbonyl (C=O) groups is 1. The van der Waals surface area contributed by atoms with E-state index in [1.54, 1.807) is 6.92 Å². The third-order valence-corrected chi connectivity index (χ3v) is 4.05. The summed E-state index contributed by atoms with van der Waals surface area (Å²) in [6.45, 7) is 6.79. The van der Waals surface area contributed by atoms with Gasteiger partial charge in [0.1, 0.15) is 0 Å². The molecule has 8 nitrogen and oxygen atoms in total. The highest BCUT2D eigenvalue weighted by Crippen LogP contribution is 2.41. The number of allylic oxidation sites excluding steroid dienone is 1. The maximum atomic E-state index is 12.2. The Balaban J connectivity index is 2.72. The minimum Gasteiger partial charge on any atom is -0.493 e. The summed E-state index contributed by atoms with van der Waals surface area (Å²) < 4.78 is 11.0. The topological polar surface area (TPSA) is 103 Å². The van der Waals surface area contributed by atoms with E-state index < -0.39 is 11.0 Å². The van der Waals surface area contributed by atoms with Crippen LogP contribution in [-0.4, -0.2) is 29.0 Å². The average Bonchev–Trinajstić information content (AvgIpc) is 2.52. The SMILES string of the molecule is COc1cc([N+](=O)[O-])c(C2NC(=S)NC(C)=C2C(C)=O)cc1OC(C)C. The lowest BCUT2D eigenvalue weighted by atomic mass is 9.91. The molecule has 1 aromatic carbocycles. The maximum Gasteiger partial charge on any atom is 0.279 e. The van der Waals surface area contributed by atoms with Crippen molar-refractivity contribution < 1.29 is 19.2 Å². The van der Waals surface area contributed by atoms with Gasteiger partial charge in [0.25, 0.3) is 5.69 Å². The first kappa shape index (κ1) is 19.6. The number of hydrogen-bond donors (Lipinski definition) is 2. The van der Waals surface area contributed by atoms with Crippen molar-refractivity contribution in [1.82, 2.24) is 10.6 Å². The van der Waals surface area contributed by atoms with Crippen molar-refractivity contribution in [1.29, 1.82) is 0 Å². The summed E-state index contributed by atoms with van der Waals surface area (Å²) in [6, 6.07) is 2.06. The average molecular weight is 379 g/mol. The van der Waals surface area contributed by atoms with Crippen LogP contribution in [-0.2, 0) is 4.79 Å². The highest BCUT2D eigenvalue weighted by Gasteiger charge is 2.34. The third-order valence-electron chi connectivity index (χ3n) is 3.83. The molecule has 2 rings (SSSR count). The second-order valence-electron chi connectivity index (χ2n) is 6.11. The van der Waals surface area contributed by atoms with Gasteiger partial charge in [-0.05, 0) is 46.0 Å². The fraction of sp³-hybridized carbons (Fsp3) is 0.412. The Bertz CT molecular complexity index is 804. The Morgan fingerprint density at radius 1 is 1.35 bits per heavy atom. The molecule has 2 N–H and O–H groups in total. The smallest absolute Gasteiger partial charge is 0.279 e. The number of Topliss-reactive ketones (excluding diaryl/α,β-unsaturated/α-hetero) is 1. The molecule has 1 unspecified atom stereocenters. The van der Waals surface area contributed by atoms with E-state index in [2.05, 4.69) is 10.6 Å². The van der Waals surface area contributed by atoms with Gasteiger partial charge in [-0.15, -0.1) is 0 Å². The third kappa shape index (κ3) is 3.93. The zero-order valence-electron chi connectivity index (χ0n) is 15.2. The second kappa shape index (κ2) is 7.69. The van der Waals surface area contributed by atoms with E-state index in [4.69, 9.17) is 21.7 Å². The van der Waals surface area contributed by atoms with Crippen molar-refractivity contribution in [2.75, 3.05) is 7.11 Å². The molecular formula is C17H21N3O5S. The van der Waals surface area contributed by atoms with E-state index in [0.717, 1.165) is 0 Å². The number of benzene rings is 1. The van der Waals surface area contributed by atoms with Gasteiger partial charge in [0.2, 0.25) is 0 Å². The number of nitrogens with zero attached hydrogens (tertiary/aromatic N) is 1. The lowest BCUT2D eigenvalue weighted by molar-refractivity contribution is -0.385. The molecule has 1 heterocycles. The van der Waals surface area contributed by atoms with E-state index in [-0.39, 0.29) is 34.0 Å². The van der Waals surface area contributed by atoms with Crippen molar-refractivity contribution in [2.45, 2.75) is 39.8 Å². The van der Waals surface area contributed by atoms with E-state index in [1.165, 1.54) is 26.2 Å². The standard InChI is InChI=1S/C17H21N3O5S/c1-8(2)25-14-6-11(12(20(22)23)7-13(14)24-5)16-15(10(4)21)9(3)18-17(26)19-16/h6-8,16H,1-5H3,(H2,18,19,26). The Morgan fingerprint density at radius 3 is 2.50 bits per heavy atom. The van der Waals surface area contributed by atoms with Crippen molar-refractivity contribution in [3.05, 3.63) is 39.1 Å². The number of nitrogens with one attached hydrogen (secondary N) is 2. The first-order valence-corrected chi connectivity index (χ1v) is 8.38. The van der Waals surface area contributed by atoms with Crippen molar-refractivity contribution in [3.8, 4) is 11.5 Å². The Hall–Kier alpha value is -2.68. The van der Waals surface area contributed by atoms with Crippen LogP contribution < -0.4 is 20.1 Å². The summed E-state index contributed by atoms with van der Waals surface area (Å²) >= 11 is 5.17. The monoisotopic (exact) mass is 379 g/mol. The van der Waals surface area contributed by atoms with E-state index >= 15 is 0 Å². The highest BCUT2D eigenvalue weighted by molar-refractivity contribution is 7.80. The summed E-state index contributed by atoms with van der Waals surface area (Å²) in [5.41, 5.74) is 1.02. The van der Waals surface area contributed by atoms with Crippen LogP contribution in [0.25, 0.3) is 0 Å². The molecule has 9 heteroatoms. The number of rotatable bonds is 6. The van der Waals surface area contributed by atoms with E-state index in [0.29, 0.717) is 17.0 Å². The zero-order valence-corrected chi connectivity index (χ0v) is 16.0. The number of nitro groups is 1. The van der Waals surface area contributed by atoms with Gasteiger partial charge in [0, 0.05) is 11.3 Å². The van der Waals surface area contributed by atoms with Crippen LogP contribution in [0.4, 0.5) is 5.69 Å². The van der Waals surface area contributed by atoms with Gasteiger partial charge in [-0.25, -0.2) is 0 Å². The van der Waals surface area contributed by atoms with Gasteiger partial charge in [-0.1, -0.05) is 0 Å². The minimum absolute atomic E-state index is 0.162. The quantitative estimate of drug-likeness (QED) is 0.442. The van der Waals surface area contributed by atoms with Gasteiger partial charge < -0.3 is 20.1 Å². The maximum absolute atomic E-state index is 12.2. The molecule has 0 aliphatic carbocycles. The molecule has 0 radical (unpaired) electrons. The fourth-order valence-electron chi connectivity index (χ4n) is 2.85. The molecule has 0 bridgehead atoms. The Labute approximate surface area is 156 Å². The van der Waals surface area contributed by atoms with Gasteiger partial charge in [0.05, 0.1) is 35.8 Å². The number of methoxy groups -OCH3 is 1. The fourth-order valence-corrected chi connectivity index (χ4v) is 3.12. The van der Waals surface area contributed by atoms with Gasteiger partial charge >= 0.3 is 0 Å². The number of ketones is 1. The minimum atomic E-state index is -0.762. The van der Waals surface area contributed by atoms with Crippen LogP contribution in [0.1, 0.15) is 39.3 Å². The molecule has 26 heavy (non-hydrogen) atoms. The summed E-state index contributed by atoms with van der Waals surface area (Å²) in [6.07, 6.45) is -0.162. The van der Waals surface area contributed by atoms with Gasteiger partial charge in [-0.2, -0.15) is 0 Å². The van der Waals surface area contributed by atoms with E-state index in [1.807, 2.05) is 13.8 Å². The number of carbonyl (C=O) groups excluding carboxylic acids is 1.